The van der Waals surface area contributed by atoms with E-state index in [2.05, 4.69) is 72.3 Å². The smallest absolute Gasteiger partial charge is 0.0861 e. The molecule has 3 aliphatic rings. The number of dihydropyridines is 1. The first kappa shape index (κ1) is 17.3. The van der Waals surface area contributed by atoms with Gasteiger partial charge in [-0.05, 0) is 79.7 Å². The van der Waals surface area contributed by atoms with Crippen molar-refractivity contribution < 1.29 is 0 Å². The van der Waals surface area contributed by atoms with E-state index < -0.39 is 0 Å². The molecule has 0 radical (unpaired) electrons. The third-order valence-corrected chi connectivity index (χ3v) is 6.00. The summed E-state index contributed by atoms with van der Waals surface area (Å²) in [6.45, 7) is 7.10. The molecule has 2 heterocycles. The van der Waals surface area contributed by atoms with E-state index in [1.165, 1.54) is 57.3 Å². The second-order valence-electron chi connectivity index (χ2n) is 8.74. The number of benzene rings is 1. The Labute approximate surface area is 158 Å². The second-order valence-corrected chi connectivity index (χ2v) is 8.74. The van der Waals surface area contributed by atoms with Crippen LogP contribution in [0.3, 0.4) is 0 Å². The van der Waals surface area contributed by atoms with Crippen molar-refractivity contribution in [2.24, 2.45) is 5.41 Å². The van der Waals surface area contributed by atoms with Gasteiger partial charge in [-0.3, -0.25) is 0 Å². The topological polar surface area (TPSA) is 15.3 Å². The van der Waals surface area contributed by atoms with Crippen molar-refractivity contribution >= 4 is 5.69 Å². The molecule has 26 heavy (non-hydrogen) atoms. The van der Waals surface area contributed by atoms with E-state index in [0.717, 1.165) is 11.3 Å². The van der Waals surface area contributed by atoms with Crippen LogP contribution in [0.5, 0.6) is 0 Å². The van der Waals surface area contributed by atoms with Crippen LogP contribution < -0.4 is 10.2 Å². The first-order valence-corrected chi connectivity index (χ1v) is 10.1. The molecule has 136 valence electrons. The van der Waals surface area contributed by atoms with Crippen LogP contribution in [0.4, 0.5) is 5.69 Å². The molecule has 1 saturated heterocycles. The number of allylic oxidation sites excluding steroid dienone is 3. The number of anilines is 1. The van der Waals surface area contributed by atoms with Gasteiger partial charge in [0, 0.05) is 30.4 Å². The highest BCUT2D eigenvalue weighted by atomic mass is 15.1. The number of fused-ring (bicyclic) bond motifs is 1. The van der Waals surface area contributed by atoms with Gasteiger partial charge in [0.05, 0.1) is 5.70 Å². The van der Waals surface area contributed by atoms with Gasteiger partial charge in [0.2, 0.25) is 0 Å². The molecule has 2 fully saturated rings. The lowest BCUT2D eigenvalue weighted by Crippen LogP contribution is -2.39. The molecular formula is C24H30N2. The zero-order valence-corrected chi connectivity index (χ0v) is 16.1. The third kappa shape index (κ3) is 3.98. The molecule has 1 unspecified atom stereocenters. The van der Waals surface area contributed by atoms with Gasteiger partial charge in [-0.15, -0.1) is 0 Å². The molecule has 1 aliphatic carbocycles. The molecule has 0 amide bonds. The summed E-state index contributed by atoms with van der Waals surface area (Å²) < 4.78 is 0. The van der Waals surface area contributed by atoms with Gasteiger partial charge in [-0.1, -0.05) is 31.9 Å². The Bertz CT molecular complexity index is 782. The number of nitrogens with zero attached hydrogens (tertiary/aromatic N) is 1. The molecule has 4 rings (SSSR count). The van der Waals surface area contributed by atoms with Gasteiger partial charge in [-0.25, -0.2) is 0 Å². The maximum absolute atomic E-state index is 3.67. The second kappa shape index (κ2) is 7.23. The standard InChI is InChI=1S/C24H30N2/c1-24(2)14-13-20-10-12-21(25-23(20)18-24)11-9-19-7-6-8-22(17-19)26-15-4-3-5-16-26/h6-8,10,12,17,23,25H,3-5,13-16,18H2,1-2H3. The Morgan fingerprint density at radius 3 is 2.77 bits per heavy atom. The molecule has 0 bridgehead atoms. The molecule has 0 spiro atoms. The van der Waals surface area contributed by atoms with Crippen molar-refractivity contribution in [3.05, 3.63) is 53.3 Å². The van der Waals surface area contributed by atoms with Crippen LogP contribution in [0.2, 0.25) is 0 Å². The van der Waals surface area contributed by atoms with E-state index in [1.54, 1.807) is 5.57 Å². The van der Waals surface area contributed by atoms with Crippen molar-refractivity contribution in [1.29, 1.82) is 0 Å². The molecule has 2 aliphatic heterocycles. The Balaban J connectivity index is 1.48. The summed E-state index contributed by atoms with van der Waals surface area (Å²) in [4.78, 5) is 2.49. The lowest BCUT2D eigenvalue weighted by atomic mass is 9.72. The molecule has 1 atom stereocenters. The minimum absolute atomic E-state index is 0.424. The fourth-order valence-corrected chi connectivity index (χ4v) is 4.36. The summed E-state index contributed by atoms with van der Waals surface area (Å²) >= 11 is 0. The fourth-order valence-electron chi connectivity index (χ4n) is 4.36. The Kier molecular flexibility index (Phi) is 4.81. The van der Waals surface area contributed by atoms with E-state index in [9.17, 15) is 0 Å². The summed E-state index contributed by atoms with van der Waals surface area (Å²) in [5.74, 6) is 6.74. The average Bonchev–Trinajstić information content (AvgIpc) is 2.66. The van der Waals surface area contributed by atoms with Crippen LogP contribution in [0.1, 0.15) is 57.9 Å². The van der Waals surface area contributed by atoms with Gasteiger partial charge in [0.1, 0.15) is 0 Å². The number of nitrogens with one attached hydrogen (secondary N) is 1. The van der Waals surface area contributed by atoms with Gasteiger partial charge < -0.3 is 10.2 Å². The summed E-state index contributed by atoms with van der Waals surface area (Å²) in [6.07, 6.45) is 12.1. The Morgan fingerprint density at radius 1 is 1.08 bits per heavy atom. The minimum Gasteiger partial charge on any atom is -0.372 e. The van der Waals surface area contributed by atoms with Gasteiger partial charge in [-0.2, -0.15) is 0 Å². The van der Waals surface area contributed by atoms with Crippen molar-refractivity contribution in [2.75, 3.05) is 18.0 Å². The zero-order valence-electron chi connectivity index (χ0n) is 16.1. The van der Waals surface area contributed by atoms with Crippen LogP contribution in [-0.2, 0) is 0 Å². The molecule has 0 aromatic heterocycles. The first-order valence-electron chi connectivity index (χ1n) is 10.1. The Hall–Kier alpha value is -2.14. The van der Waals surface area contributed by atoms with Crippen LogP contribution in [-0.4, -0.2) is 19.1 Å². The number of hydrogen-bond donors (Lipinski definition) is 1. The van der Waals surface area contributed by atoms with Crippen molar-refractivity contribution in [1.82, 2.24) is 5.32 Å². The molecule has 1 N–H and O–H groups in total. The van der Waals surface area contributed by atoms with E-state index in [0.29, 0.717) is 11.5 Å². The lowest BCUT2D eigenvalue weighted by Gasteiger charge is -2.39. The number of hydrogen-bond acceptors (Lipinski definition) is 2. The maximum Gasteiger partial charge on any atom is 0.0861 e. The maximum atomic E-state index is 3.67. The highest BCUT2D eigenvalue weighted by molar-refractivity contribution is 5.54. The molecule has 2 nitrogen and oxygen atoms in total. The van der Waals surface area contributed by atoms with E-state index >= 15 is 0 Å². The largest absolute Gasteiger partial charge is 0.372 e. The van der Waals surface area contributed by atoms with Gasteiger partial charge in [0.15, 0.2) is 0 Å². The summed E-state index contributed by atoms with van der Waals surface area (Å²) in [5.41, 5.74) is 5.45. The zero-order chi connectivity index (χ0) is 18.0. The summed E-state index contributed by atoms with van der Waals surface area (Å²) in [7, 11) is 0. The van der Waals surface area contributed by atoms with Crippen LogP contribution in [0.25, 0.3) is 0 Å². The Morgan fingerprint density at radius 2 is 1.92 bits per heavy atom. The third-order valence-electron chi connectivity index (χ3n) is 6.00. The molecular weight excluding hydrogens is 316 g/mol. The minimum atomic E-state index is 0.424. The molecule has 2 heteroatoms. The predicted octanol–water partition coefficient (Wildman–Crippen LogP) is 5.02. The van der Waals surface area contributed by atoms with Crippen molar-refractivity contribution in [3.8, 4) is 11.8 Å². The van der Waals surface area contributed by atoms with Crippen molar-refractivity contribution in [3.63, 3.8) is 0 Å². The van der Waals surface area contributed by atoms with E-state index in [4.69, 9.17) is 0 Å². The first-order chi connectivity index (χ1) is 12.6. The fraction of sp³-hybridized carbons (Fsp3) is 0.500. The summed E-state index contributed by atoms with van der Waals surface area (Å²) in [6, 6.07) is 9.18. The average molecular weight is 347 g/mol. The lowest BCUT2D eigenvalue weighted by molar-refractivity contribution is 0.245. The van der Waals surface area contributed by atoms with Crippen LogP contribution in [0, 0.1) is 17.3 Å². The quantitative estimate of drug-likeness (QED) is 0.718. The van der Waals surface area contributed by atoms with Gasteiger partial charge >= 0.3 is 0 Å². The monoisotopic (exact) mass is 346 g/mol. The van der Waals surface area contributed by atoms with E-state index in [1.807, 2.05) is 0 Å². The number of piperidine rings is 1. The van der Waals surface area contributed by atoms with E-state index in [-0.39, 0.29) is 0 Å². The predicted molar refractivity (Wildman–Crippen MR) is 110 cm³/mol. The van der Waals surface area contributed by atoms with Crippen molar-refractivity contribution in [2.45, 2.75) is 58.4 Å². The molecule has 1 saturated carbocycles. The van der Waals surface area contributed by atoms with Crippen LogP contribution in [0.15, 0.2) is 47.7 Å². The molecule has 1 aromatic rings. The summed E-state index contributed by atoms with van der Waals surface area (Å²) in [5, 5.41) is 3.67. The molecule has 1 aromatic carbocycles. The SMILES string of the molecule is CC1(C)CCC2=CC=C(C#Cc3cccc(N4CCCCC4)c3)NC2C1. The highest BCUT2D eigenvalue weighted by Crippen LogP contribution is 2.39. The normalized spacial score (nSPS) is 24.4. The number of rotatable bonds is 1. The van der Waals surface area contributed by atoms with Crippen LogP contribution >= 0.6 is 0 Å². The van der Waals surface area contributed by atoms with Gasteiger partial charge in [0.25, 0.3) is 0 Å². The highest BCUT2D eigenvalue weighted by Gasteiger charge is 2.32.